The topological polar surface area (TPSA) is 69.6 Å². The number of nitrogens with one attached hydrogen (secondary N) is 1. The Kier molecular flexibility index (Phi) is 4.09. The smallest absolute Gasteiger partial charge is 0.335 e. The van der Waals surface area contributed by atoms with Gasteiger partial charge in [-0.25, -0.2) is 9.59 Å². The first-order valence-electron chi connectivity index (χ1n) is 5.64. The molecular weight excluding hydrogens is 252 g/mol. The van der Waals surface area contributed by atoms with Crippen LogP contribution in [-0.4, -0.2) is 46.6 Å². The van der Waals surface area contributed by atoms with Crippen LogP contribution in [0.1, 0.15) is 10.4 Å². The molecule has 0 unspecified atom stereocenters. The maximum absolute atomic E-state index is 11.9. The number of nitrogens with zero attached hydrogens (tertiary/aromatic N) is 1. The maximum Gasteiger partial charge on any atom is 0.335 e. The second-order valence-electron chi connectivity index (χ2n) is 3.92. The number of carbonyl (C=O) groups is 2. The van der Waals surface area contributed by atoms with Crippen molar-refractivity contribution in [3.05, 3.63) is 29.8 Å². The summed E-state index contributed by atoms with van der Waals surface area (Å²) in [6.45, 7) is 1.46. The zero-order valence-electron chi connectivity index (χ0n) is 9.76. The number of hydrogen-bond acceptors (Lipinski definition) is 3. The van der Waals surface area contributed by atoms with Crippen molar-refractivity contribution in [1.29, 1.82) is 0 Å². The van der Waals surface area contributed by atoms with Crippen molar-refractivity contribution in [3.8, 4) is 0 Å². The molecule has 1 aliphatic rings. The molecule has 0 saturated carbocycles. The number of carbonyl (C=O) groups excluding carboxylic acids is 1. The Morgan fingerprint density at radius 2 is 2.00 bits per heavy atom. The molecule has 1 heterocycles. The summed E-state index contributed by atoms with van der Waals surface area (Å²) in [5.41, 5.74) is 0.681. The highest BCUT2D eigenvalue weighted by molar-refractivity contribution is 7.99. The van der Waals surface area contributed by atoms with Crippen LogP contribution in [0.5, 0.6) is 0 Å². The Labute approximate surface area is 109 Å². The molecule has 0 atom stereocenters. The van der Waals surface area contributed by atoms with Crippen molar-refractivity contribution in [2.45, 2.75) is 0 Å². The summed E-state index contributed by atoms with van der Waals surface area (Å²) in [4.78, 5) is 24.5. The molecule has 6 heteroatoms. The van der Waals surface area contributed by atoms with E-state index in [2.05, 4.69) is 5.32 Å². The third-order valence-electron chi connectivity index (χ3n) is 2.66. The number of carboxylic acid groups (broad SMARTS) is 1. The summed E-state index contributed by atoms with van der Waals surface area (Å²) >= 11 is 1.83. The van der Waals surface area contributed by atoms with E-state index in [-0.39, 0.29) is 11.6 Å². The monoisotopic (exact) mass is 266 g/mol. The zero-order chi connectivity index (χ0) is 13.0. The molecule has 1 aromatic rings. The minimum absolute atomic E-state index is 0.169. The third-order valence-corrected chi connectivity index (χ3v) is 3.60. The van der Waals surface area contributed by atoms with Crippen LogP contribution in [0.4, 0.5) is 10.5 Å². The average molecular weight is 266 g/mol. The molecule has 2 amide bonds. The molecule has 96 valence electrons. The average Bonchev–Trinajstić information content (AvgIpc) is 2.40. The number of urea groups is 1. The summed E-state index contributed by atoms with van der Waals surface area (Å²) in [6, 6.07) is 6.08. The second kappa shape index (κ2) is 5.77. The molecule has 0 radical (unpaired) electrons. The maximum atomic E-state index is 11.9. The van der Waals surface area contributed by atoms with Crippen LogP contribution in [0.2, 0.25) is 0 Å². The van der Waals surface area contributed by atoms with Crippen LogP contribution < -0.4 is 5.32 Å². The van der Waals surface area contributed by atoms with Gasteiger partial charge in [0.25, 0.3) is 0 Å². The summed E-state index contributed by atoms with van der Waals surface area (Å²) in [5.74, 6) is 0.894. The Morgan fingerprint density at radius 3 is 2.67 bits per heavy atom. The normalized spacial score (nSPS) is 15.2. The molecule has 0 spiro atoms. The number of benzene rings is 1. The van der Waals surface area contributed by atoms with E-state index < -0.39 is 5.97 Å². The van der Waals surface area contributed by atoms with Gasteiger partial charge in [-0.05, 0) is 18.2 Å². The largest absolute Gasteiger partial charge is 0.478 e. The molecule has 5 nitrogen and oxygen atoms in total. The van der Waals surface area contributed by atoms with Gasteiger partial charge in [-0.3, -0.25) is 0 Å². The number of carboxylic acids is 1. The van der Waals surface area contributed by atoms with Crippen molar-refractivity contribution >= 4 is 29.4 Å². The quantitative estimate of drug-likeness (QED) is 0.858. The Morgan fingerprint density at radius 1 is 1.28 bits per heavy atom. The molecule has 1 aliphatic heterocycles. The summed E-state index contributed by atoms with van der Waals surface area (Å²) < 4.78 is 0. The zero-order valence-corrected chi connectivity index (χ0v) is 10.6. The van der Waals surface area contributed by atoms with E-state index >= 15 is 0 Å². The molecular formula is C12H14N2O3S. The first-order chi connectivity index (χ1) is 8.66. The van der Waals surface area contributed by atoms with E-state index in [1.54, 1.807) is 17.0 Å². The lowest BCUT2D eigenvalue weighted by atomic mass is 10.2. The first kappa shape index (κ1) is 12.8. The van der Waals surface area contributed by atoms with Crippen LogP contribution in [0.3, 0.4) is 0 Å². The number of thioether (sulfide) groups is 1. The van der Waals surface area contributed by atoms with E-state index in [4.69, 9.17) is 5.11 Å². The van der Waals surface area contributed by atoms with E-state index in [1.807, 2.05) is 11.8 Å². The minimum Gasteiger partial charge on any atom is -0.478 e. The lowest BCUT2D eigenvalue weighted by Crippen LogP contribution is -2.40. The molecule has 18 heavy (non-hydrogen) atoms. The van der Waals surface area contributed by atoms with Crippen LogP contribution in [0.15, 0.2) is 24.3 Å². The number of hydrogen-bond donors (Lipinski definition) is 2. The SMILES string of the molecule is O=C(O)c1cccc(NC(=O)N2CCSCC2)c1. The molecule has 1 saturated heterocycles. The summed E-state index contributed by atoms with van der Waals surface area (Å²) in [7, 11) is 0. The number of amides is 2. The van der Waals surface area contributed by atoms with Crippen molar-refractivity contribution in [2.24, 2.45) is 0 Å². The highest BCUT2D eigenvalue weighted by Gasteiger charge is 2.16. The molecule has 1 fully saturated rings. The number of anilines is 1. The second-order valence-corrected chi connectivity index (χ2v) is 5.14. The van der Waals surface area contributed by atoms with Gasteiger partial charge in [0.15, 0.2) is 0 Å². The van der Waals surface area contributed by atoms with Crippen LogP contribution in [0, 0.1) is 0 Å². The summed E-state index contributed by atoms with van der Waals surface area (Å²) in [6.07, 6.45) is 0. The van der Waals surface area contributed by atoms with Crippen LogP contribution in [0.25, 0.3) is 0 Å². The van der Waals surface area contributed by atoms with Crippen molar-refractivity contribution in [1.82, 2.24) is 4.90 Å². The van der Waals surface area contributed by atoms with Gasteiger partial charge in [0.2, 0.25) is 0 Å². The van der Waals surface area contributed by atoms with Gasteiger partial charge in [-0.1, -0.05) is 6.07 Å². The molecule has 2 N–H and O–H groups in total. The van der Waals surface area contributed by atoms with Gasteiger partial charge in [0.05, 0.1) is 5.56 Å². The van der Waals surface area contributed by atoms with Crippen molar-refractivity contribution < 1.29 is 14.7 Å². The molecule has 0 bridgehead atoms. The van der Waals surface area contributed by atoms with Gasteiger partial charge < -0.3 is 15.3 Å². The van der Waals surface area contributed by atoms with Gasteiger partial charge in [-0.2, -0.15) is 11.8 Å². The molecule has 0 aromatic heterocycles. The van der Waals surface area contributed by atoms with Crippen molar-refractivity contribution in [3.63, 3.8) is 0 Å². The van der Waals surface area contributed by atoms with Gasteiger partial charge in [0.1, 0.15) is 0 Å². The fourth-order valence-corrected chi connectivity index (χ4v) is 2.60. The standard InChI is InChI=1S/C12H14N2O3S/c15-11(16)9-2-1-3-10(8-9)13-12(17)14-4-6-18-7-5-14/h1-3,8H,4-7H2,(H,13,17)(H,15,16). The molecule has 0 aliphatic carbocycles. The fraction of sp³-hybridized carbons (Fsp3) is 0.333. The lowest BCUT2D eigenvalue weighted by molar-refractivity contribution is 0.0697. The number of aromatic carboxylic acids is 1. The summed E-state index contributed by atoms with van der Waals surface area (Å²) in [5, 5.41) is 11.6. The van der Waals surface area contributed by atoms with E-state index in [9.17, 15) is 9.59 Å². The van der Waals surface area contributed by atoms with Gasteiger partial charge in [-0.15, -0.1) is 0 Å². The highest BCUT2D eigenvalue weighted by Crippen LogP contribution is 2.14. The third kappa shape index (κ3) is 3.16. The van der Waals surface area contributed by atoms with Crippen molar-refractivity contribution in [2.75, 3.05) is 29.9 Å². The first-order valence-corrected chi connectivity index (χ1v) is 6.79. The predicted octanol–water partition coefficient (Wildman–Crippen LogP) is 1.97. The lowest BCUT2D eigenvalue weighted by Gasteiger charge is -2.26. The Bertz CT molecular complexity index is 458. The van der Waals surface area contributed by atoms with Gasteiger partial charge in [0, 0.05) is 30.3 Å². The van der Waals surface area contributed by atoms with Gasteiger partial charge >= 0.3 is 12.0 Å². The Hall–Kier alpha value is -1.69. The fourth-order valence-electron chi connectivity index (χ4n) is 1.70. The van der Waals surface area contributed by atoms with Crippen LogP contribution in [-0.2, 0) is 0 Å². The van der Waals surface area contributed by atoms with E-state index in [1.165, 1.54) is 12.1 Å². The minimum atomic E-state index is -1.000. The predicted molar refractivity (Wildman–Crippen MR) is 71.3 cm³/mol. The molecule has 1 aromatic carbocycles. The highest BCUT2D eigenvalue weighted by atomic mass is 32.2. The Balaban J connectivity index is 2.02. The van der Waals surface area contributed by atoms with E-state index in [0.717, 1.165) is 24.6 Å². The molecule has 2 rings (SSSR count). The van der Waals surface area contributed by atoms with E-state index in [0.29, 0.717) is 5.69 Å². The number of rotatable bonds is 2. The van der Waals surface area contributed by atoms with Crippen LogP contribution >= 0.6 is 11.8 Å².